The van der Waals surface area contributed by atoms with Crippen LogP contribution in [0, 0.1) is 0 Å². The Hall–Kier alpha value is -1.80. The summed E-state index contributed by atoms with van der Waals surface area (Å²) in [6.45, 7) is 4.28. The number of anilines is 1. The maximum Gasteiger partial charge on any atom is 0.304 e. The Morgan fingerprint density at radius 1 is 1.48 bits per heavy atom. The maximum absolute atomic E-state index is 12.1. The van der Waals surface area contributed by atoms with E-state index in [1.165, 1.54) is 12.1 Å². The Morgan fingerprint density at radius 2 is 2.19 bits per heavy atom. The molecule has 1 aliphatic heterocycles. The molecule has 0 saturated heterocycles. The first kappa shape index (κ1) is 15.6. The molecule has 0 atom stereocenters. The van der Waals surface area contributed by atoms with Gasteiger partial charge < -0.3 is 15.2 Å². The Balaban J connectivity index is 2.16. The monoisotopic (exact) mass is 314 g/mol. The molecule has 21 heavy (non-hydrogen) atoms. The molecule has 0 spiro atoms. The van der Waals surface area contributed by atoms with Crippen LogP contribution in [0.1, 0.15) is 20.3 Å². The first-order valence-electron chi connectivity index (χ1n) is 6.48. The van der Waals surface area contributed by atoms with Gasteiger partial charge in [-0.2, -0.15) is 0 Å². The zero-order chi connectivity index (χ0) is 15.7. The van der Waals surface area contributed by atoms with E-state index in [-0.39, 0.29) is 23.5 Å². The van der Waals surface area contributed by atoms with Crippen molar-refractivity contribution >= 4 is 21.7 Å². The number of nitrogens with one attached hydrogen (secondary N) is 2. The van der Waals surface area contributed by atoms with Gasteiger partial charge in [-0.3, -0.25) is 4.79 Å². The predicted octanol–water partition coefficient (Wildman–Crippen LogP) is 1.02. The Kier molecular flexibility index (Phi) is 4.11. The highest BCUT2D eigenvalue weighted by molar-refractivity contribution is 7.89. The molecule has 116 valence electrons. The number of carboxylic acids is 1. The third-order valence-electron chi connectivity index (χ3n) is 2.98. The molecular weight excluding hydrogens is 296 g/mol. The van der Waals surface area contributed by atoms with Crippen LogP contribution in [-0.4, -0.2) is 38.2 Å². The van der Waals surface area contributed by atoms with Gasteiger partial charge in [0.15, 0.2) is 0 Å². The Bertz CT molecular complexity index is 655. The fraction of sp³-hybridized carbons (Fsp3) is 0.462. The normalized spacial score (nSPS) is 16.5. The van der Waals surface area contributed by atoms with E-state index < -0.39 is 16.0 Å². The standard InChI is InChI=1S/C13H18N2O5S/c1-13(2)8-14-10-7-9(3-4-11(10)20-13)21(18,19)15-6-5-12(16)17/h3-4,7,14-15H,5-6,8H2,1-2H3,(H,16,17). The summed E-state index contributed by atoms with van der Waals surface area (Å²) in [4.78, 5) is 10.5. The van der Waals surface area contributed by atoms with Gasteiger partial charge in [0, 0.05) is 6.54 Å². The second kappa shape index (κ2) is 5.53. The fourth-order valence-electron chi connectivity index (χ4n) is 1.92. The summed E-state index contributed by atoms with van der Waals surface area (Å²) in [5.41, 5.74) is 0.253. The predicted molar refractivity (Wildman–Crippen MR) is 77.1 cm³/mol. The second-order valence-corrected chi connectivity index (χ2v) is 7.18. The van der Waals surface area contributed by atoms with Crippen molar-refractivity contribution in [3.05, 3.63) is 18.2 Å². The molecule has 0 aromatic heterocycles. The fourth-order valence-corrected chi connectivity index (χ4v) is 2.98. The molecule has 0 radical (unpaired) electrons. The van der Waals surface area contributed by atoms with Crippen molar-refractivity contribution in [1.82, 2.24) is 4.72 Å². The lowest BCUT2D eigenvalue weighted by atomic mass is 10.1. The number of rotatable bonds is 5. The zero-order valence-electron chi connectivity index (χ0n) is 11.8. The average molecular weight is 314 g/mol. The minimum atomic E-state index is -3.73. The molecule has 2 rings (SSSR count). The summed E-state index contributed by atoms with van der Waals surface area (Å²) >= 11 is 0. The van der Waals surface area contributed by atoms with Crippen LogP contribution in [-0.2, 0) is 14.8 Å². The van der Waals surface area contributed by atoms with Gasteiger partial charge in [0.05, 0.1) is 23.5 Å². The number of hydrogen-bond acceptors (Lipinski definition) is 5. The number of carboxylic acid groups (broad SMARTS) is 1. The van der Waals surface area contributed by atoms with E-state index in [9.17, 15) is 13.2 Å². The van der Waals surface area contributed by atoms with Crippen LogP contribution in [0.5, 0.6) is 5.75 Å². The van der Waals surface area contributed by atoms with Crippen molar-refractivity contribution < 1.29 is 23.1 Å². The van der Waals surface area contributed by atoms with Crippen LogP contribution in [0.2, 0.25) is 0 Å². The topological polar surface area (TPSA) is 105 Å². The van der Waals surface area contributed by atoms with Crippen molar-refractivity contribution in [2.24, 2.45) is 0 Å². The Labute approximate surface area is 123 Å². The van der Waals surface area contributed by atoms with Gasteiger partial charge >= 0.3 is 5.97 Å². The number of ether oxygens (including phenoxy) is 1. The number of fused-ring (bicyclic) bond motifs is 1. The van der Waals surface area contributed by atoms with Crippen LogP contribution in [0.3, 0.4) is 0 Å². The summed E-state index contributed by atoms with van der Waals surface area (Å²) in [6.07, 6.45) is -0.264. The van der Waals surface area contributed by atoms with Crippen LogP contribution in [0.4, 0.5) is 5.69 Å². The van der Waals surface area contributed by atoms with Crippen molar-refractivity contribution in [2.75, 3.05) is 18.4 Å². The first-order valence-corrected chi connectivity index (χ1v) is 7.96. The van der Waals surface area contributed by atoms with Gasteiger partial charge in [-0.15, -0.1) is 0 Å². The summed E-state index contributed by atoms with van der Waals surface area (Å²) in [5, 5.41) is 11.7. The van der Waals surface area contributed by atoms with Crippen molar-refractivity contribution in [1.29, 1.82) is 0 Å². The quantitative estimate of drug-likeness (QED) is 0.749. The van der Waals surface area contributed by atoms with E-state index in [0.717, 1.165) is 0 Å². The molecule has 8 heteroatoms. The van der Waals surface area contributed by atoms with E-state index in [1.54, 1.807) is 6.07 Å². The van der Waals surface area contributed by atoms with Gasteiger partial charge in [-0.1, -0.05) is 0 Å². The van der Waals surface area contributed by atoms with Gasteiger partial charge in [0.25, 0.3) is 0 Å². The summed E-state index contributed by atoms with van der Waals surface area (Å²) in [5.74, 6) is -0.462. The minimum absolute atomic E-state index is 0.0717. The van der Waals surface area contributed by atoms with Crippen LogP contribution in [0.15, 0.2) is 23.1 Å². The highest BCUT2D eigenvalue weighted by Crippen LogP contribution is 2.34. The van der Waals surface area contributed by atoms with Crippen molar-refractivity contribution in [2.45, 2.75) is 30.8 Å². The number of aliphatic carboxylic acids is 1. The summed E-state index contributed by atoms with van der Waals surface area (Å²) in [6, 6.07) is 4.51. The maximum atomic E-state index is 12.1. The third kappa shape index (κ3) is 3.85. The molecule has 0 aliphatic carbocycles. The van der Waals surface area contributed by atoms with Gasteiger partial charge in [0.2, 0.25) is 10.0 Å². The van der Waals surface area contributed by atoms with Gasteiger partial charge in [-0.05, 0) is 32.0 Å². The van der Waals surface area contributed by atoms with Gasteiger partial charge in [0.1, 0.15) is 11.4 Å². The number of sulfonamides is 1. The molecule has 1 aromatic rings. The lowest BCUT2D eigenvalue weighted by molar-refractivity contribution is -0.136. The molecule has 7 nitrogen and oxygen atoms in total. The number of benzene rings is 1. The molecule has 1 heterocycles. The van der Waals surface area contributed by atoms with Crippen molar-refractivity contribution in [3.63, 3.8) is 0 Å². The van der Waals surface area contributed by atoms with E-state index in [2.05, 4.69) is 10.0 Å². The summed E-state index contributed by atoms with van der Waals surface area (Å²) in [7, 11) is -3.73. The Morgan fingerprint density at radius 3 is 2.86 bits per heavy atom. The molecule has 3 N–H and O–H groups in total. The lowest BCUT2D eigenvalue weighted by Crippen LogP contribution is -2.40. The highest BCUT2D eigenvalue weighted by atomic mass is 32.2. The van der Waals surface area contributed by atoms with Gasteiger partial charge in [-0.25, -0.2) is 13.1 Å². The number of hydrogen-bond donors (Lipinski definition) is 3. The molecule has 0 unspecified atom stereocenters. The molecule has 0 amide bonds. The molecule has 1 aromatic carbocycles. The zero-order valence-corrected chi connectivity index (χ0v) is 12.7. The van der Waals surface area contributed by atoms with E-state index in [0.29, 0.717) is 18.0 Å². The molecule has 1 aliphatic rings. The van der Waals surface area contributed by atoms with Crippen LogP contribution >= 0.6 is 0 Å². The lowest BCUT2D eigenvalue weighted by Gasteiger charge is -2.33. The molecular formula is C13H18N2O5S. The van der Waals surface area contributed by atoms with Crippen LogP contribution < -0.4 is 14.8 Å². The van der Waals surface area contributed by atoms with E-state index in [4.69, 9.17) is 9.84 Å². The second-order valence-electron chi connectivity index (χ2n) is 5.41. The summed E-state index contributed by atoms with van der Waals surface area (Å²) < 4.78 is 32.1. The van der Waals surface area contributed by atoms with Crippen LogP contribution in [0.25, 0.3) is 0 Å². The van der Waals surface area contributed by atoms with Crippen molar-refractivity contribution in [3.8, 4) is 5.75 Å². The number of carbonyl (C=O) groups is 1. The smallest absolute Gasteiger partial charge is 0.304 e. The SMILES string of the molecule is CC1(C)CNc2cc(S(=O)(=O)NCCC(=O)O)ccc2O1. The molecule has 0 saturated carbocycles. The largest absolute Gasteiger partial charge is 0.484 e. The highest BCUT2D eigenvalue weighted by Gasteiger charge is 2.27. The first-order chi connectivity index (χ1) is 9.70. The average Bonchev–Trinajstić information content (AvgIpc) is 2.36. The minimum Gasteiger partial charge on any atom is -0.484 e. The van der Waals surface area contributed by atoms with E-state index in [1.807, 2.05) is 13.8 Å². The molecule has 0 bridgehead atoms. The third-order valence-corrected chi connectivity index (χ3v) is 4.44. The molecule has 0 fully saturated rings. The van der Waals surface area contributed by atoms with E-state index >= 15 is 0 Å².